The number of rotatable bonds is 3. The van der Waals surface area contributed by atoms with Gasteiger partial charge in [-0.25, -0.2) is 15.0 Å². The van der Waals surface area contributed by atoms with E-state index in [1.165, 1.54) is 0 Å². The third-order valence-electron chi connectivity index (χ3n) is 2.03. The quantitative estimate of drug-likeness (QED) is 0.740. The Hall–Kier alpha value is -2.29. The Morgan fingerprint density at radius 2 is 1.61 bits per heavy atom. The van der Waals surface area contributed by atoms with Gasteiger partial charge in [-0.05, 0) is 24.4 Å². The van der Waals surface area contributed by atoms with Crippen molar-refractivity contribution in [3.63, 3.8) is 0 Å². The van der Waals surface area contributed by atoms with Crippen LogP contribution >= 0.6 is 0 Å². The van der Waals surface area contributed by atoms with Crippen LogP contribution in [0.2, 0.25) is 0 Å². The van der Waals surface area contributed by atoms with Crippen LogP contribution in [-0.4, -0.2) is 17.9 Å². The molecule has 3 nitrogen and oxygen atoms in total. The first-order chi connectivity index (χ1) is 8.88. The van der Waals surface area contributed by atoms with Crippen molar-refractivity contribution in [3.8, 4) is 0 Å². The molecule has 0 saturated carbocycles. The van der Waals surface area contributed by atoms with E-state index in [2.05, 4.69) is 21.7 Å². The lowest BCUT2D eigenvalue weighted by Gasteiger charge is -1.94. The van der Waals surface area contributed by atoms with Gasteiger partial charge < -0.3 is 0 Å². The summed E-state index contributed by atoms with van der Waals surface area (Å²) in [7, 11) is 0. The lowest BCUT2D eigenvalue weighted by Crippen LogP contribution is -1.79. The van der Waals surface area contributed by atoms with E-state index in [-0.39, 0.29) is 0 Å². The van der Waals surface area contributed by atoms with Crippen LogP contribution in [-0.2, 0) is 0 Å². The Labute approximate surface area is 108 Å². The Morgan fingerprint density at radius 3 is 2.28 bits per heavy atom. The zero-order valence-electron chi connectivity index (χ0n) is 10.7. The fourth-order valence-corrected chi connectivity index (χ4v) is 1.25. The molecule has 3 heteroatoms. The smallest absolute Gasteiger partial charge is 0.154 e. The lowest BCUT2D eigenvalue weighted by molar-refractivity contribution is 1.25. The molecule has 92 valence electrons. The Bertz CT molecular complexity index is 504. The average molecular weight is 239 g/mol. The van der Waals surface area contributed by atoms with Crippen LogP contribution in [0.25, 0.3) is 0 Å². The van der Waals surface area contributed by atoms with E-state index in [4.69, 9.17) is 0 Å². The zero-order valence-corrected chi connectivity index (χ0v) is 10.7. The van der Waals surface area contributed by atoms with Gasteiger partial charge in [0.2, 0.25) is 0 Å². The predicted octanol–water partition coefficient (Wildman–Crippen LogP) is 4.19. The molecule has 18 heavy (non-hydrogen) atoms. The molecule has 2 aromatic rings. The molecule has 0 aliphatic heterocycles. The molecule has 1 aromatic carbocycles. The van der Waals surface area contributed by atoms with Gasteiger partial charge in [0.15, 0.2) is 11.6 Å². The number of nitrogens with zero attached hydrogens (tertiary/aromatic N) is 3. The largest absolute Gasteiger partial charge is 0.245 e. The van der Waals surface area contributed by atoms with Crippen LogP contribution < -0.4 is 0 Å². The second-order valence-corrected chi connectivity index (χ2v) is 3.18. The molecule has 0 saturated heterocycles. The second-order valence-electron chi connectivity index (χ2n) is 3.18. The first kappa shape index (κ1) is 13.8. The van der Waals surface area contributed by atoms with Gasteiger partial charge in [-0.3, -0.25) is 0 Å². The standard InChI is InChI=1S/C13H11N3.C2H6/c1-14-12-8-5-9-13(16-12)15-10-11-6-3-2-4-7-11;1-2/h2-10H,1H2;1-2H3/b15-10+;. The fraction of sp³-hybridized carbons (Fsp3) is 0.133. The number of aliphatic imine (C=N–C) groups is 2. The third-order valence-corrected chi connectivity index (χ3v) is 2.03. The zero-order chi connectivity index (χ0) is 13.2. The van der Waals surface area contributed by atoms with Gasteiger partial charge in [0.05, 0.1) is 0 Å². The van der Waals surface area contributed by atoms with E-state index in [1.54, 1.807) is 12.3 Å². The second kappa shape index (κ2) is 7.90. The normalized spacial score (nSPS) is 9.67. The van der Waals surface area contributed by atoms with Crippen LogP contribution in [0.5, 0.6) is 0 Å². The summed E-state index contributed by atoms with van der Waals surface area (Å²) >= 11 is 0. The van der Waals surface area contributed by atoms with Crippen LogP contribution in [0, 0.1) is 0 Å². The van der Waals surface area contributed by atoms with Gasteiger partial charge in [0, 0.05) is 6.21 Å². The van der Waals surface area contributed by atoms with Gasteiger partial charge in [-0.15, -0.1) is 0 Å². The van der Waals surface area contributed by atoms with E-state index < -0.39 is 0 Å². The number of pyridine rings is 1. The Morgan fingerprint density at radius 1 is 0.944 bits per heavy atom. The number of hydrogen-bond acceptors (Lipinski definition) is 3. The monoisotopic (exact) mass is 239 g/mol. The van der Waals surface area contributed by atoms with E-state index in [9.17, 15) is 0 Å². The van der Waals surface area contributed by atoms with E-state index in [0.29, 0.717) is 11.6 Å². The van der Waals surface area contributed by atoms with Gasteiger partial charge >= 0.3 is 0 Å². The molecule has 1 heterocycles. The van der Waals surface area contributed by atoms with Crippen molar-refractivity contribution in [2.75, 3.05) is 0 Å². The van der Waals surface area contributed by atoms with E-state index >= 15 is 0 Å². The highest BCUT2D eigenvalue weighted by atomic mass is 15.0. The van der Waals surface area contributed by atoms with Gasteiger partial charge in [-0.2, -0.15) is 0 Å². The molecule has 0 amide bonds. The summed E-state index contributed by atoms with van der Waals surface area (Å²) < 4.78 is 0. The Kier molecular flexibility index (Phi) is 6.04. The molecular weight excluding hydrogens is 222 g/mol. The molecule has 0 fully saturated rings. The van der Waals surface area contributed by atoms with Crippen molar-refractivity contribution in [2.24, 2.45) is 9.98 Å². The lowest BCUT2D eigenvalue weighted by atomic mass is 10.2. The van der Waals surface area contributed by atoms with Crippen molar-refractivity contribution < 1.29 is 0 Å². The first-order valence-electron chi connectivity index (χ1n) is 5.91. The molecule has 0 N–H and O–H groups in total. The van der Waals surface area contributed by atoms with Crippen molar-refractivity contribution in [1.82, 2.24) is 4.98 Å². The average Bonchev–Trinajstić information content (AvgIpc) is 2.48. The molecule has 0 aliphatic carbocycles. The van der Waals surface area contributed by atoms with Gasteiger partial charge in [0.1, 0.15) is 0 Å². The minimum atomic E-state index is 0.586. The number of benzene rings is 1. The van der Waals surface area contributed by atoms with Gasteiger partial charge in [0.25, 0.3) is 0 Å². The first-order valence-corrected chi connectivity index (χ1v) is 5.91. The SMILES string of the molecule is C=Nc1cccc(/N=C/c2ccccc2)n1.CC. The van der Waals surface area contributed by atoms with Crippen molar-refractivity contribution in [3.05, 3.63) is 54.1 Å². The van der Waals surface area contributed by atoms with E-state index in [1.807, 2.05) is 56.3 Å². The van der Waals surface area contributed by atoms with Crippen LogP contribution in [0.15, 0.2) is 58.5 Å². The van der Waals surface area contributed by atoms with Crippen molar-refractivity contribution in [2.45, 2.75) is 13.8 Å². The number of aromatic nitrogens is 1. The maximum absolute atomic E-state index is 4.26. The van der Waals surface area contributed by atoms with Crippen LogP contribution in [0.4, 0.5) is 11.6 Å². The minimum Gasteiger partial charge on any atom is -0.245 e. The molecule has 0 bridgehead atoms. The van der Waals surface area contributed by atoms with Crippen molar-refractivity contribution >= 4 is 24.6 Å². The molecule has 1 aromatic heterocycles. The highest BCUT2D eigenvalue weighted by molar-refractivity contribution is 5.81. The highest BCUT2D eigenvalue weighted by Gasteiger charge is 1.92. The summed E-state index contributed by atoms with van der Waals surface area (Å²) in [5, 5.41) is 0. The molecule has 0 atom stereocenters. The highest BCUT2D eigenvalue weighted by Crippen LogP contribution is 2.13. The summed E-state index contributed by atoms with van der Waals surface area (Å²) in [4.78, 5) is 12.2. The maximum Gasteiger partial charge on any atom is 0.154 e. The molecular formula is C15H17N3. The summed E-state index contributed by atoms with van der Waals surface area (Å²) in [6.45, 7) is 7.43. The molecule has 2 rings (SSSR count). The topological polar surface area (TPSA) is 37.6 Å². The summed E-state index contributed by atoms with van der Waals surface area (Å²) in [5.41, 5.74) is 1.04. The molecule has 0 spiro atoms. The van der Waals surface area contributed by atoms with Crippen molar-refractivity contribution in [1.29, 1.82) is 0 Å². The summed E-state index contributed by atoms with van der Waals surface area (Å²) in [6, 6.07) is 15.3. The summed E-state index contributed by atoms with van der Waals surface area (Å²) in [5.74, 6) is 1.22. The molecule has 0 unspecified atom stereocenters. The fourth-order valence-electron chi connectivity index (χ4n) is 1.25. The van der Waals surface area contributed by atoms with Gasteiger partial charge in [-0.1, -0.05) is 50.2 Å². The Balaban J connectivity index is 0.000000771. The van der Waals surface area contributed by atoms with Crippen LogP contribution in [0.1, 0.15) is 19.4 Å². The summed E-state index contributed by atoms with van der Waals surface area (Å²) in [6.07, 6.45) is 1.77. The number of hydrogen-bond donors (Lipinski definition) is 0. The molecule has 0 radical (unpaired) electrons. The third kappa shape index (κ3) is 4.29. The van der Waals surface area contributed by atoms with E-state index in [0.717, 1.165) is 5.56 Å². The maximum atomic E-state index is 4.26. The predicted molar refractivity (Wildman–Crippen MR) is 78.5 cm³/mol. The molecule has 0 aliphatic rings. The van der Waals surface area contributed by atoms with Crippen LogP contribution in [0.3, 0.4) is 0 Å². The minimum absolute atomic E-state index is 0.586.